The van der Waals surface area contributed by atoms with E-state index in [1.165, 1.54) is 37.8 Å². The molecule has 3 nitrogen and oxygen atoms in total. The Bertz CT molecular complexity index is 364. The second kappa shape index (κ2) is 7.85. The van der Waals surface area contributed by atoms with Crippen LogP contribution in [0.15, 0.2) is 23.3 Å². The van der Waals surface area contributed by atoms with Gasteiger partial charge in [0.05, 0.1) is 5.57 Å². The summed E-state index contributed by atoms with van der Waals surface area (Å²) in [7, 11) is 0. The molecular formula is C15H22O3. The third-order valence-corrected chi connectivity index (χ3v) is 3.22. The molecule has 0 heterocycles. The molecule has 0 saturated carbocycles. The maximum Gasteiger partial charge on any atom is 0.335 e. The van der Waals surface area contributed by atoms with Crippen LogP contribution < -0.4 is 0 Å². The Labute approximate surface area is 109 Å². The van der Waals surface area contributed by atoms with Crippen LogP contribution in [-0.4, -0.2) is 16.9 Å². The number of hydrogen-bond acceptors (Lipinski definition) is 2. The minimum absolute atomic E-state index is 0.0148. The molecule has 0 amide bonds. The molecule has 0 aliphatic heterocycles. The van der Waals surface area contributed by atoms with Crippen LogP contribution in [0.2, 0.25) is 0 Å². The predicted octanol–water partition coefficient (Wildman–Crippen LogP) is 3.65. The monoisotopic (exact) mass is 250 g/mol. The number of hydrogen-bond donors (Lipinski definition) is 1. The summed E-state index contributed by atoms with van der Waals surface area (Å²) in [4.78, 5) is 22.3. The quantitative estimate of drug-likeness (QED) is 0.669. The van der Waals surface area contributed by atoms with Crippen molar-refractivity contribution < 1.29 is 14.7 Å². The molecule has 0 spiro atoms. The van der Waals surface area contributed by atoms with Crippen molar-refractivity contribution in [2.45, 2.75) is 58.3 Å². The first-order valence-corrected chi connectivity index (χ1v) is 6.82. The molecule has 0 aromatic rings. The molecule has 1 aliphatic carbocycles. The van der Waals surface area contributed by atoms with Crippen molar-refractivity contribution in [3.05, 3.63) is 23.3 Å². The average molecular weight is 250 g/mol. The third-order valence-electron chi connectivity index (χ3n) is 3.22. The first kappa shape index (κ1) is 14.7. The van der Waals surface area contributed by atoms with Crippen LogP contribution in [0.1, 0.15) is 58.3 Å². The van der Waals surface area contributed by atoms with Crippen LogP contribution in [0.5, 0.6) is 0 Å². The molecule has 1 rings (SSSR count). The van der Waals surface area contributed by atoms with Gasteiger partial charge in [-0.15, -0.1) is 0 Å². The first-order valence-electron chi connectivity index (χ1n) is 6.82. The largest absolute Gasteiger partial charge is 0.478 e. The summed E-state index contributed by atoms with van der Waals surface area (Å²) < 4.78 is 0. The molecule has 0 fully saturated rings. The van der Waals surface area contributed by atoms with Crippen LogP contribution in [0, 0.1) is 0 Å². The summed E-state index contributed by atoms with van der Waals surface area (Å²) in [6, 6.07) is 0. The van der Waals surface area contributed by atoms with Crippen LogP contribution in [-0.2, 0) is 9.59 Å². The van der Waals surface area contributed by atoms with E-state index in [9.17, 15) is 9.59 Å². The van der Waals surface area contributed by atoms with E-state index in [1.54, 1.807) is 0 Å². The zero-order valence-electron chi connectivity index (χ0n) is 11.1. The van der Waals surface area contributed by atoms with Gasteiger partial charge in [-0.1, -0.05) is 45.1 Å². The molecule has 18 heavy (non-hydrogen) atoms. The Morgan fingerprint density at radius 3 is 2.56 bits per heavy atom. The number of rotatable bonds is 8. The number of aliphatic carboxylic acids is 1. The zero-order chi connectivity index (χ0) is 13.4. The van der Waals surface area contributed by atoms with Gasteiger partial charge in [0.25, 0.3) is 0 Å². The predicted molar refractivity (Wildman–Crippen MR) is 71.4 cm³/mol. The Morgan fingerprint density at radius 1 is 1.22 bits per heavy atom. The van der Waals surface area contributed by atoms with Crippen LogP contribution >= 0.6 is 0 Å². The summed E-state index contributed by atoms with van der Waals surface area (Å²) in [5.74, 6) is -0.902. The van der Waals surface area contributed by atoms with Crippen molar-refractivity contribution in [2.75, 3.05) is 0 Å². The van der Waals surface area contributed by atoms with Gasteiger partial charge in [-0.3, -0.25) is 4.79 Å². The molecule has 3 heteroatoms. The maximum absolute atomic E-state index is 11.3. The Hall–Kier alpha value is -1.38. The van der Waals surface area contributed by atoms with Gasteiger partial charge in [0.2, 0.25) is 0 Å². The number of unbranched alkanes of at least 4 members (excludes halogenated alkanes) is 5. The van der Waals surface area contributed by atoms with E-state index in [2.05, 4.69) is 6.92 Å². The van der Waals surface area contributed by atoms with E-state index in [-0.39, 0.29) is 12.2 Å². The fourth-order valence-corrected chi connectivity index (χ4v) is 2.19. The molecule has 0 saturated heterocycles. The molecule has 0 aromatic heterocycles. The second-order valence-corrected chi connectivity index (χ2v) is 4.78. The lowest BCUT2D eigenvalue weighted by molar-refractivity contribution is -0.132. The molecule has 1 aliphatic rings. The van der Waals surface area contributed by atoms with Crippen molar-refractivity contribution in [3.8, 4) is 0 Å². The van der Waals surface area contributed by atoms with Crippen molar-refractivity contribution in [2.24, 2.45) is 0 Å². The second-order valence-electron chi connectivity index (χ2n) is 4.78. The lowest BCUT2D eigenvalue weighted by atomic mass is 9.92. The molecule has 0 aromatic carbocycles. The fraction of sp³-hybridized carbons (Fsp3) is 0.600. The number of ketones is 1. The molecule has 0 radical (unpaired) electrons. The Kier molecular flexibility index (Phi) is 6.40. The van der Waals surface area contributed by atoms with Gasteiger partial charge in [-0.05, 0) is 24.5 Å². The van der Waals surface area contributed by atoms with E-state index >= 15 is 0 Å². The van der Waals surface area contributed by atoms with Gasteiger partial charge < -0.3 is 5.11 Å². The number of carbonyl (C=O) groups excluding carboxylic acids is 1. The van der Waals surface area contributed by atoms with E-state index in [1.807, 2.05) is 0 Å². The molecule has 0 atom stereocenters. The molecule has 0 unspecified atom stereocenters. The molecule has 0 bridgehead atoms. The lowest BCUT2D eigenvalue weighted by Crippen LogP contribution is -2.10. The van der Waals surface area contributed by atoms with Gasteiger partial charge in [-0.25, -0.2) is 4.79 Å². The molecule has 1 N–H and O–H groups in total. The minimum atomic E-state index is -0.917. The Balaban J connectivity index is 2.37. The van der Waals surface area contributed by atoms with E-state index in [0.29, 0.717) is 17.6 Å². The third kappa shape index (κ3) is 4.86. The number of carbonyl (C=O) groups is 2. The number of carboxylic acids is 1. The fourth-order valence-electron chi connectivity index (χ4n) is 2.19. The SMILES string of the molecule is CCCCCCCCC1=CC(=O)CC=C1C(=O)O. The van der Waals surface area contributed by atoms with Gasteiger partial charge >= 0.3 is 5.97 Å². The maximum atomic E-state index is 11.3. The lowest BCUT2D eigenvalue weighted by Gasteiger charge is -2.12. The summed E-state index contributed by atoms with van der Waals surface area (Å²) >= 11 is 0. The standard InChI is InChI=1S/C15H22O3/c1-2-3-4-5-6-7-8-12-11-13(16)9-10-14(12)15(17)18/h10-11H,2-9H2,1H3,(H,17,18). The smallest absolute Gasteiger partial charge is 0.335 e. The molecule has 100 valence electrons. The highest BCUT2D eigenvalue weighted by Crippen LogP contribution is 2.23. The summed E-state index contributed by atoms with van der Waals surface area (Å²) in [5, 5.41) is 9.05. The average Bonchev–Trinajstić information content (AvgIpc) is 2.33. The summed E-state index contributed by atoms with van der Waals surface area (Å²) in [5.41, 5.74) is 1.03. The first-order chi connectivity index (χ1) is 8.65. The topological polar surface area (TPSA) is 54.4 Å². The zero-order valence-corrected chi connectivity index (χ0v) is 11.1. The van der Waals surface area contributed by atoms with E-state index in [4.69, 9.17) is 5.11 Å². The highest BCUT2D eigenvalue weighted by molar-refractivity contribution is 6.01. The Morgan fingerprint density at radius 2 is 1.89 bits per heavy atom. The molecular weight excluding hydrogens is 228 g/mol. The van der Waals surface area contributed by atoms with Gasteiger partial charge in [0, 0.05) is 6.42 Å². The van der Waals surface area contributed by atoms with Crippen LogP contribution in [0.25, 0.3) is 0 Å². The minimum Gasteiger partial charge on any atom is -0.478 e. The number of carboxylic acid groups (broad SMARTS) is 1. The van der Waals surface area contributed by atoms with Crippen molar-refractivity contribution in [3.63, 3.8) is 0 Å². The highest BCUT2D eigenvalue weighted by Gasteiger charge is 2.18. The summed E-state index contributed by atoms with van der Waals surface area (Å²) in [6.45, 7) is 2.18. The van der Waals surface area contributed by atoms with Gasteiger partial charge in [0.1, 0.15) is 0 Å². The normalized spacial score (nSPS) is 15.3. The van der Waals surface area contributed by atoms with Crippen LogP contribution in [0.3, 0.4) is 0 Å². The van der Waals surface area contributed by atoms with Gasteiger partial charge in [0.15, 0.2) is 5.78 Å². The van der Waals surface area contributed by atoms with E-state index < -0.39 is 5.97 Å². The van der Waals surface area contributed by atoms with E-state index in [0.717, 1.165) is 12.8 Å². The van der Waals surface area contributed by atoms with Crippen molar-refractivity contribution in [1.29, 1.82) is 0 Å². The van der Waals surface area contributed by atoms with Crippen molar-refractivity contribution in [1.82, 2.24) is 0 Å². The number of allylic oxidation sites excluding steroid dienone is 2. The summed E-state index contributed by atoms with van der Waals surface area (Å²) in [6.07, 6.45) is 11.0. The van der Waals surface area contributed by atoms with Gasteiger partial charge in [-0.2, -0.15) is 0 Å². The highest BCUT2D eigenvalue weighted by atomic mass is 16.4. The van der Waals surface area contributed by atoms with Crippen molar-refractivity contribution >= 4 is 11.8 Å². The van der Waals surface area contributed by atoms with Crippen LogP contribution in [0.4, 0.5) is 0 Å².